The third kappa shape index (κ3) is 4.06. The van der Waals surface area contributed by atoms with Crippen LogP contribution in [0.3, 0.4) is 0 Å². The minimum atomic E-state index is -0.483. The molecular formula is C17H15N5O3S. The number of nitrogens with zero attached hydrogens (tertiary/aromatic N) is 4. The number of non-ortho nitro benzene ring substituents is 1. The van der Waals surface area contributed by atoms with Crippen LogP contribution >= 0.6 is 11.8 Å². The van der Waals surface area contributed by atoms with Crippen LogP contribution in [0.5, 0.6) is 0 Å². The van der Waals surface area contributed by atoms with Crippen molar-refractivity contribution in [2.45, 2.75) is 5.16 Å². The van der Waals surface area contributed by atoms with Crippen LogP contribution in [-0.4, -0.2) is 32.3 Å². The van der Waals surface area contributed by atoms with Crippen molar-refractivity contribution in [3.8, 4) is 0 Å². The number of benzene rings is 2. The number of fused-ring (bicyclic) bond motifs is 1. The summed E-state index contributed by atoms with van der Waals surface area (Å²) in [5.41, 5.74) is 4.78. The lowest BCUT2D eigenvalue weighted by Gasteiger charge is -2.01. The first-order chi connectivity index (χ1) is 12.5. The summed E-state index contributed by atoms with van der Waals surface area (Å²) in [5, 5.41) is 15.3. The number of para-hydroxylation sites is 2. The number of aryl methyl sites for hydroxylation is 1. The number of hydrogen-bond donors (Lipinski definition) is 1. The highest BCUT2D eigenvalue weighted by molar-refractivity contribution is 7.99. The van der Waals surface area contributed by atoms with Crippen LogP contribution in [0.1, 0.15) is 5.56 Å². The van der Waals surface area contributed by atoms with Gasteiger partial charge in [0.05, 0.1) is 27.9 Å². The van der Waals surface area contributed by atoms with Crippen molar-refractivity contribution in [1.29, 1.82) is 0 Å². The molecule has 1 heterocycles. The number of thioether (sulfide) groups is 1. The van der Waals surface area contributed by atoms with E-state index in [0.717, 1.165) is 16.2 Å². The maximum atomic E-state index is 11.9. The number of hydrogen-bond acceptors (Lipinski definition) is 6. The second-order valence-corrected chi connectivity index (χ2v) is 6.32. The average Bonchev–Trinajstić information content (AvgIpc) is 2.96. The fraction of sp³-hybridized carbons (Fsp3) is 0.118. The zero-order chi connectivity index (χ0) is 18.5. The zero-order valence-electron chi connectivity index (χ0n) is 13.8. The van der Waals surface area contributed by atoms with E-state index in [1.165, 1.54) is 30.1 Å². The Kier molecular flexibility index (Phi) is 5.28. The molecule has 2 aromatic carbocycles. The van der Waals surface area contributed by atoms with Crippen molar-refractivity contribution in [1.82, 2.24) is 15.0 Å². The molecule has 3 aromatic rings. The average molecular weight is 369 g/mol. The van der Waals surface area contributed by atoms with E-state index in [4.69, 9.17) is 0 Å². The molecule has 132 valence electrons. The summed E-state index contributed by atoms with van der Waals surface area (Å²) in [7, 11) is 1.90. The van der Waals surface area contributed by atoms with Gasteiger partial charge in [-0.15, -0.1) is 0 Å². The Morgan fingerprint density at radius 3 is 2.92 bits per heavy atom. The third-order valence-electron chi connectivity index (χ3n) is 3.56. The van der Waals surface area contributed by atoms with Gasteiger partial charge in [-0.1, -0.05) is 36.0 Å². The number of nitrogens with one attached hydrogen (secondary N) is 1. The predicted molar refractivity (Wildman–Crippen MR) is 100 cm³/mol. The van der Waals surface area contributed by atoms with Gasteiger partial charge in [-0.25, -0.2) is 10.4 Å². The smallest absolute Gasteiger partial charge is 0.270 e. The van der Waals surface area contributed by atoms with Gasteiger partial charge in [-0.2, -0.15) is 5.10 Å². The molecule has 26 heavy (non-hydrogen) atoms. The Balaban J connectivity index is 1.56. The van der Waals surface area contributed by atoms with E-state index in [2.05, 4.69) is 15.5 Å². The van der Waals surface area contributed by atoms with Crippen LogP contribution in [0.4, 0.5) is 5.69 Å². The van der Waals surface area contributed by atoms with Gasteiger partial charge in [0.1, 0.15) is 0 Å². The van der Waals surface area contributed by atoms with Gasteiger partial charge in [-0.3, -0.25) is 14.9 Å². The minimum absolute atomic E-state index is 0.0299. The molecule has 0 atom stereocenters. The molecule has 0 fully saturated rings. The quantitative estimate of drug-likeness (QED) is 0.311. The molecule has 0 aliphatic rings. The number of carbonyl (C=O) groups is 1. The molecule has 8 nitrogen and oxygen atoms in total. The van der Waals surface area contributed by atoms with E-state index >= 15 is 0 Å². The lowest BCUT2D eigenvalue weighted by atomic mass is 10.2. The van der Waals surface area contributed by atoms with Gasteiger partial charge in [0.15, 0.2) is 5.16 Å². The van der Waals surface area contributed by atoms with Crippen molar-refractivity contribution in [3.05, 3.63) is 64.2 Å². The summed E-state index contributed by atoms with van der Waals surface area (Å²) < 4.78 is 1.93. The largest absolute Gasteiger partial charge is 0.322 e. The number of rotatable bonds is 6. The summed E-state index contributed by atoms with van der Waals surface area (Å²) in [6.45, 7) is 0. The van der Waals surface area contributed by atoms with E-state index in [9.17, 15) is 14.9 Å². The van der Waals surface area contributed by atoms with Gasteiger partial charge in [0.2, 0.25) is 0 Å². The topological polar surface area (TPSA) is 102 Å². The second kappa shape index (κ2) is 7.79. The molecule has 0 aliphatic heterocycles. The first kappa shape index (κ1) is 17.6. The monoisotopic (exact) mass is 369 g/mol. The minimum Gasteiger partial charge on any atom is -0.322 e. The van der Waals surface area contributed by atoms with E-state index < -0.39 is 4.92 Å². The van der Waals surface area contributed by atoms with Gasteiger partial charge in [0.25, 0.3) is 11.6 Å². The highest BCUT2D eigenvalue weighted by Crippen LogP contribution is 2.22. The van der Waals surface area contributed by atoms with Crippen molar-refractivity contribution < 1.29 is 9.72 Å². The van der Waals surface area contributed by atoms with E-state index in [1.807, 2.05) is 35.9 Å². The van der Waals surface area contributed by atoms with E-state index in [0.29, 0.717) is 5.56 Å². The maximum Gasteiger partial charge on any atom is 0.270 e. The SMILES string of the molecule is Cn1c(SCC(=O)N/N=C\c2cccc([N+](=O)[O-])c2)nc2ccccc21. The Labute approximate surface area is 153 Å². The number of nitro benzene ring substituents is 1. The van der Waals surface area contributed by atoms with E-state index in [-0.39, 0.29) is 17.3 Å². The number of nitro groups is 1. The normalized spacial score (nSPS) is 11.1. The lowest BCUT2D eigenvalue weighted by molar-refractivity contribution is -0.384. The summed E-state index contributed by atoms with van der Waals surface area (Å²) in [6.07, 6.45) is 1.37. The molecule has 1 N–H and O–H groups in total. The van der Waals surface area contributed by atoms with Crippen molar-refractivity contribution in [3.63, 3.8) is 0 Å². The van der Waals surface area contributed by atoms with Crippen molar-refractivity contribution in [2.75, 3.05) is 5.75 Å². The molecular weight excluding hydrogens is 354 g/mol. The fourth-order valence-corrected chi connectivity index (χ4v) is 3.09. The first-order valence-electron chi connectivity index (χ1n) is 7.65. The standard InChI is InChI=1S/C17H15N5O3S/c1-21-15-8-3-2-7-14(15)19-17(21)26-11-16(23)20-18-10-12-5-4-6-13(9-12)22(24)25/h2-10H,11H2,1H3,(H,20,23)/b18-10-. The first-order valence-corrected chi connectivity index (χ1v) is 8.64. The van der Waals surface area contributed by atoms with Crippen molar-refractivity contribution >= 4 is 40.6 Å². The second-order valence-electron chi connectivity index (χ2n) is 5.38. The number of carbonyl (C=O) groups excluding carboxylic acids is 1. The third-order valence-corrected chi connectivity index (χ3v) is 4.59. The molecule has 0 aliphatic carbocycles. The zero-order valence-corrected chi connectivity index (χ0v) is 14.6. The van der Waals surface area contributed by atoms with Gasteiger partial charge < -0.3 is 4.57 Å². The molecule has 1 aromatic heterocycles. The maximum absolute atomic E-state index is 11.9. The Hall–Kier alpha value is -3.20. The fourth-order valence-electron chi connectivity index (χ4n) is 2.31. The van der Waals surface area contributed by atoms with Gasteiger partial charge in [0, 0.05) is 24.7 Å². The van der Waals surface area contributed by atoms with Gasteiger partial charge >= 0.3 is 0 Å². The van der Waals surface area contributed by atoms with E-state index in [1.54, 1.807) is 12.1 Å². The molecule has 0 saturated carbocycles. The number of hydrazone groups is 1. The van der Waals surface area contributed by atoms with Crippen LogP contribution in [-0.2, 0) is 11.8 Å². The highest BCUT2D eigenvalue weighted by atomic mass is 32.2. The molecule has 0 unspecified atom stereocenters. The molecule has 0 saturated heterocycles. The molecule has 3 rings (SSSR count). The summed E-state index contributed by atoms with van der Waals surface area (Å²) in [4.78, 5) is 26.6. The summed E-state index contributed by atoms with van der Waals surface area (Å²) in [6, 6.07) is 13.7. The van der Waals surface area contributed by atoms with Gasteiger partial charge in [-0.05, 0) is 12.1 Å². The van der Waals surface area contributed by atoms with Crippen LogP contribution in [0.2, 0.25) is 0 Å². The Bertz CT molecular complexity index is 999. The number of aromatic nitrogens is 2. The molecule has 1 amide bonds. The van der Waals surface area contributed by atoms with Crippen LogP contribution in [0.25, 0.3) is 11.0 Å². The van der Waals surface area contributed by atoms with Crippen LogP contribution in [0, 0.1) is 10.1 Å². The number of amides is 1. The lowest BCUT2D eigenvalue weighted by Crippen LogP contribution is -2.19. The molecule has 0 spiro atoms. The molecule has 0 radical (unpaired) electrons. The summed E-state index contributed by atoms with van der Waals surface area (Å²) >= 11 is 1.31. The predicted octanol–water partition coefficient (Wildman–Crippen LogP) is 2.72. The molecule has 9 heteroatoms. The Morgan fingerprint density at radius 2 is 2.15 bits per heavy atom. The highest BCUT2D eigenvalue weighted by Gasteiger charge is 2.10. The Morgan fingerprint density at radius 1 is 1.35 bits per heavy atom. The van der Waals surface area contributed by atoms with Crippen LogP contribution < -0.4 is 5.43 Å². The van der Waals surface area contributed by atoms with Crippen molar-refractivity contribution in [2.24, 2.45) is 12.1 Å². The summed E-state index contributed by atoms with van der Waals surface area (Å²) in [5.74, 6) is -0.132. The molecule has 0 bridgehead atoms. The number of imidazole rings is 1. The van der Waals surface area contributed by atoms with Crippen LogP contribution in [0.15, 0.2) is 58.8 Å².